The second-order valence-corrected chi connectivity index (χ2v) is 5.72. The quantitative estimate of drug-likeness (QED) is 0.435. The van der Waals surface area contributed by atoms with Crippen molar-refractivity contribution in [3.63, 3.8) is 0 Å². The number of amides is 1. The number of hydrogen-bond acceptors (Lipinski definition) is 3. The van der Waals surface area contributed by atoms with Gasteiger partial charge in [-0.2, -0.15) is 5.26 Å². The average molecular weight is 373 g/mol. The highest BCUT2D eigenvalue weighted by atomic mass is 35.5. The zero-order valence-electron chi connectivity index (χ0n) is 13.1. The van der Waals surface area contributed by atoms with Crippen LogP contribution in [-0.4, -0.2) is 12.5 Å². The Morgan fingerprint density at radius 3 is 2.44 bits per heavy atom. The van der Waals surface area contributed by atoms with Gasteiger partial charge in [-0.3, -0.25) is 4.79 Å². The number of nitrogens with one attached hydrogen (secondary N) is 1. The molecule has 1 amide bonds. The molecule has 0 aromatic heterocycles. The summed E-state index contributed by atoms with van der Waals surface area (Å²) in [6.45, 7) is 3.82. The number of ether oxygens (including phenoxy) is 1. The number of hydrogen-bond donors (Lipinski definition) is 1. The van der Waals surface area contributed by atoms with Crippen LogP contribution in [-0.2, 0) is 4.79 Å². The van der Waals surface area contributed by atoms with Crippen molar-refractivity contribution in [1.82, 2.24) is 0 Å². The Hall–Kier alpha value is -2.74. The minimum atomic E-state index is -0.520. The Morgan fingerprint density at radius 2 is 1.88 bits per heavy atom. The van der Waals surface area contributed by atoms with Crippen LogP contribution in [0.2, 0.25) is 10.0 Å². The summed E-state index contributed by atoms with van der Waals surface area (Å²) >= 11 is 12.3. The third kappa shape index (κ3) is 5.12. The molecule has 1 N–H and O–H groups in total. The van der Waals surface area contributed by atoms with Crippen molar-refractivity contribution in [2.45, 2.75) is 0 Å². The number of carbonyl (C=O) groups excluding carboxylic acids is 1. The fraction of sp³-hybridized carbons (Fsp3) is 0.0526. The van der Waals surface area contributed by atoms with Gasteiger partial charge in [0.05, 0.1) is 10.0 Å². The van der Waals surface area contributed by atoms with E-state index in [9.17, 15) is 10.1 Å². The fourth-order valence-electron chi connectivity index (χ4n) is 1.98. The Kier molecular flexibility index (Phi) is 6.64. The Balaban J connectivity index is 2.26. The first-order chi connectivity index (χ1) is 12.0. The molecule has 0 aliphatic heterocycles. The first-order valence-electron chi connectivity index (χ1n) is 7.26. The predicted molar refractivity (Wildman–Crippen MR) is 101 cm³/mol. The summed E-state index contributed by atoms with van der Waals surface area (Å²) in [5.74, 6) is -0.194. The number of nitriles is 1. The van der Waals surface area contributed by atoms with Crippen molar-refractivity contribution in [3.05, 3.63) is 76.3 Å². The standard InChI is InChI=1S/C19H14Cl2N2O2/c1-2-8-25-18-16(20)10-13(11-17(18)21)9-14(12-22)19(24)23-15-6-4-3-5-7-15/h2-7,9-11H,1,8H2,(H,23,24)/b14-9-. The monoisotopic (exact) mass is 372 g/mol. The van der Waals surface area contributed by atoms with Crippen LogP contribution in [0.1, 0.15) is 5.56 Å². The summed E-state index contributed by atoms with van der Waals surface area (Å²) in [6.07, 6.45) is 2.98. The van der Waals surface area contributed by atoms with Crippen molar-refractivity contribution in [2.24, 2.45) is 0 Å². The summed E-state index contributed by atoms with van der Waals surface area (Å²) in [5.41, 5.74) is 1.04. The number of benzene rings is 2. The molecule has 2 aromatic rings. The summed E-state index contributed by atoms with van der Waals surface area (Å²) in [5, 5.41) is 12.5. The lowest BCUT2D eigenvalue weighted by atomic mass is 10.1. The summed E-state index contributed by atoms with van der Waals surface area (Å²) < 4.78 is 5.38. The molecule has 0 spiro atoms. The molecule has 4 nitrogen and oxygen atoms in total. The van der Waals surface area contributed by atoms with Crippen LogP contribution in [0.5, 0.6) is 5.75 Å². The lowest BCUT2D eigenvalue weighted by Crippen LogP contribution is -2.13. The van der Waals surface area contributed by atoms with Gasteiger partial charge in [0.1, 0.15) is 18.2 Å². The lowest BCUT2D eigenvalue weighted by Gasteiger charge is -2.09. The highest BCUT2D eigenvalue weighted by molar-refractivity contribution is 6.37. The molecule has 0 saturated carbocycles. The van der Waals surface area contributed by atoms with Crippen LogP contribution in [0.4, 0.5) is 5.69 Å². The molecule has 2 aromatic carbocycles. The maximum absolute atomic E-state index is 12.2. The number of rotatable bonds is 6. The van der Waals surface area contributed by atoms with Gasteiger partial charge in [0.25, 0.3) is 5.91 Å². The minimum absolute atomic E-state index is 0.0734. The van der Waals surface area contributed by atoms with E-state index < -0.39 is 5.91 Å². The molecule has 0 saturated heterocycles. The molecule has 0 heterocycles. The molecule has 6 heteroatoms. The number of carbonyl (C=O) groups is 1. The van der Waals surface area contributed by atoms with E-state index in [4.69, 9.17) is 27.9 Å². The van der Waals surface area contributed by atoms with Crippen LogP contribution >= 0.6 is 23.2 Å². The molecule has 0 bridgehead atoms. The van der Waals surface area contributed by atoms with E-state index in [2.05, 4.69) is 11.9 Å². The molecule has 0 fully saturated rings. The molecule has 2 rings (SSSR count). The normalized spacial score (nSPS) is 10.7. The molecule has 0 aliphatic carbocycles. The molecule has 0 radical (unpaired) electrons. The third-order valence-corrected chi connectivity index (χ3v) is 3.64. The zero-order chi connectivity index (χ0) is 18.2. The lowest BCUT2D eigenvalue weighted by molar-refractivity contribution is -0.112. The van der Waals surface area contributed by atoms with E-state index in [-0.39, 0.29) is 22.2 Å². The van der Waals surface area contributed by atoms with E-state index >= 15 is 0 Å². The Morgan fingerprint density at radius 1 is 1.24 bits per heavy atom. The molecule has 0 atom stereocenters. The van der Waals surface area contributed by atoms with Gasteiger partial charge in [-0.15, -0.1) is 0 Å². The van der Waals surface area contributed by atoms with E-state index in [1.165, 1.54) is 6.08 Å². The fourth-order valence-corrected chi connectivity index (χ4v) is 2.59. The van der Waals surface area contributed by atoms with Gasteiger partial charge in [-0.05, 0) is 35.9 Å². The van der Waals surface area contributed by atoms with Gasteiger partial charge in [0.2, 0.25) is 0 Å². The van der Waals surface area contributed by atoms with Crippen molar-refractivity contribution < 1.29 is 9.53 Å². The maximum atomic E-state index is 12.2. The summed E-state index contributed by atoms with van der Waals surface area (Å²) in [4.78, 5) is 12.2. The van der Waals surface area contributed by atoms with Crippen LogP contribution in [0, 0.1) is 11.3 Å². The molecule has 0 unspecified atom stereocenters. The molecular weight excluding hydrogens is 359 g/mol. The van der Waals surface area contributed by atoms with E-state index in [1.807, 2.05) is 12.1 Å². The second-order valence-electron chi connectivity index (χ2n) is 4.90. The molecule has 25 heavy (non-hydrogen) atoms. The Bertz CT molecular complexity index is 832. The van der Waals surface area contributed by atoms with Crippen LogP contribution in [0.15, 0.2) is 60.7 Å². The minimum Gasteiger partial charge on any atom is -0.486 e. The third-order valence-electron chi connectivity index (χ3n) is 3.07. The van der Waals surface area contributed by atoms with Gasteiger partial charge in [-0.25, -0.2) is 0 Å². The van der Waals surface area contributed by atoms with Gasteiger partial charge in [0, 0.05) is 5.69 Å². The van der Waals surface area contributed by atoms with E-state index in [1.54, 1.807) is 42.5 Å². The number of halogens is 2. The first-order valence-corrected chi connectivity index (χ1v) is 8.01. The average Bonchev–Trinajstić information content (AvgIpc) is 2.59. The maximum Gasteiger partial charge on any atom is 0.266 e. The summed E-state index contributed by atoms with van der Waals surface area (Å²) in [7, 11) is 0. The number of para-hydroxylation sites is 1. The van der Waals surface area contributed by atoms with Crippen LogP contribution < -0.4 is 10.1 Å². The van der Waals surface area contributed by atoms with Gasteiger partial charge in [-0.1, -0.05) is 54.1 Å². The number of anilines is 1. The first kappa shape index (κ1) is 18.6. The zero-order valence-corrected chi connectivity index (χ0v) is 14.6. The van der Waals surface area contributed by atoms with Crippen molar-refractivity contribution in [2.75, 3.05) is 11.9 Å². The van der Waals surface area contributed by atoms with Crippen LogP contribution in [0.25, 0.3) is 6.08 Å². The van der Waals surface area contributed by atoms with Crippen LogP contribution in [0.3, 0.4) is 0 Å². The van der Waals surface area contributed by atoms with E-state index in [0.29, 0.717) is 17.0 Å². The van der Waals surface area contributed by atoms with E-state index in [0.717, 1.165) is 0 Å². The SMILES string of the molecule is C=CCOc1c(Cl)cc(/C=C(/C#N)C(=O)Nc2ccccc2)cc1Cl. The van der Waals surface area contributed by atoms with Crippen molar-refractivity contribution in [1.29, 1.82) is 5.26 Å². The molecular formula is C19H14Cl2N2O2. The van der Waals surface area contributed by atoms with Gasteiger partial charge >= 0.3 is 0 Å². The largest absolute Gasteiger partial charge is 0.486 e. The Labute approximate surface area is 155 Å². The topological polar surface area (TPSA) is 62.1 Å². The highest BCUT2D eigenvalue weighted by Crippen LogP contribution is 2.34. The van der Waals surface area contributed by atoms with Gasteiger partial charge < -0.3 is 10.1 Å². The summed E-state index contributed by atoms with van der Waals surface area (Å²) in [6, 6.07) is 13.9. The second kappa shape index (κ2) is 8.93. The number of nitrogens with zero attached hydrogens (tertiary/aromatic N) is 1. The van der Waals surface area contributed by atoms with Crippen molar-refractivity contribution >= 4 is 40.9 Å². The predicted octanol–water partition coefficient (Wildman–Crippen LogP) is 5.10. The highest BCUT2D eigenvalue weighted by Gasteiger charge is 2.12. The molecule has 126 valence electrons. The van der Waals surface area contributed by atoms with Gasteiger partial charge in [0.15, 0.2) is 5.75 Å². The van der Waals surface area contributed by atoms with Crippen molar-refractivity contribution in [3.8, 4) is 11.8 Å². The molecule has 0 aliphatic rings. The smallest absolute Gasteiger partial charge is 0.266 e.